The highest BCUT2D eigenvalue weighted by Crippen LogP contribution is 2.17. The topological polar surface area (TPSA) is 106 Å². The molecule has 0 aliphatic rings. The highest BCUT2D eigenvalue weighted by molar-refractivity contribution is 7.92. The van der Waals surface area contributed by atoms with Gasteiger partial charge in [0.25, 0.3) is 15.9 Å². The molecule has 0 saturated heterocycles. The number of halogens is 1. The van der Waals surface area contributed by atoms with Gasteiger partial charge in [-0.1, -0.05) is 12.1 Å². The first-order chi connectivity index (χ1) is 15.4. The fraction of sp³-hybridized carbons (Fsp3) is 0.0455. The lowest BCUT2D eigenvalue weighted by Crippen LogP contribution is -2.22. The number of nitrogens with zero attached hydrogens (tertiary/aromatic N) is 3. The molecule has 0 unspecified atom stereocenters. The van der Waals surface area contributed by atoms with Crippen LogP contribution in [0.15, 0.2) is 90.3 Å². The highest BCUT2D eigenvalue weighted by Gasteiger charge is 2.14. The fourth-order valence-electron chi connectivity index (χ4n) is 2.91. The summed E-state index contributed by atoms with van der Waals surface area (Å²) in [7, 11) is -3.86. The first-order valence-electron chi connectivity index (χ1n) is 9.51. The molecule has 0 spiro atoms. The third-order valence-electron chi connectivity index (χ3n) is 4.60. The number of hydrogen-bond acceptors (Lipinski definition) is 5. The molecule has 3 aromatic carbocycles. The molecule has 4 rings (SSSR count). The van der Waals surface area contributed by atoms with Gasteiger partial charge >= 0.3 is 0 Å². The number of carbonyl (C=O) groups excluding carboxylic acids is 1. The van der Waals surface area contributed by atoms with E-state index in [0.717, 1.165) is 23.4 Å². The molecule has 2 N–H and O–H groups in total. The van der Waals surface area contributed by atoms with E-state index in [1.165, 1.54) is 42.7 Å². The van der Waals surface area contributed by atoms with Crippen LogP contribution in [-0.4, -0.2) is 29.1 Å². The quantitative estimate of drug-likeness (QED) is 0.449. The Morgan fingerprint density at radius 1 is 0.938 bits per heavy atom. The van der Waals surface area contributed by atoms with Gasteiger partial charge in [-0.05, 0) is 66.2 Å². The zero-order valence-electron chi connectivity index (χ0n) is 16.6. The normalized spacial score (nSPS) is 11.2. The molecule has 1 heterocycles. The maximum atomic E-state index is 13.0. The van der Waals surface area contributed by atoms with E-state index in [4.69, 9.17) is 0 Å². The summed E-state index contributed by atoms with van der Waals surface area (Å²) in [5.41, 5.74) is 2.44. The van der Waals surface area contributed by atoms with Crippen molar-refractivity contribution >= 4 is 21.6 Å². The summed E-state index contributed by atoms with van der Waals surface area (Å²) < 4.78 is 41.8. The van der Waals surface area contributed by atoms with Crippen molar-refractivity contribution in [1.29, 1.82) is 0 Å². The molecule has 0 atom stereocenters. The van der Waals surface area contributed by atoms with Crippen LogP contribution in [0.1, 0.15) is 15.9 Å². The number of carbonyl (C=O) groups is 1. The summed E-state index contributed by atoms with van der Waals surface area (Å²) >= 11 is 0. The SMILES string of the molecule is O=C(NCc1ccc(-n2cncn2)cc1)c1ccc(NS(=O)(=O)c2ccc(F)cc2)cc1. The van der Waals surface area contributed by atoms with Crippen LogP contribution in [0, 0.1) is 5.82 Å². The monoisotopic (exact) mass is 451 g/mol. The molecule has 1 amide bonds. The minimum atomic E-state index is -3.86. The lowest BCUT2D eigenvalue weighted by atomic mass is 10.1. The number of nitrogens with one attached hydrogen (secondary N) is 2. The Labute approximate surface area is 183 Å². The zero-order chi connectivity index (χ0) is 22.6. The lowest BCUT2D eigenvalue weighted by molar-refractivity contribution is 0.0951. The molecular formula is C22H18FN5O3S. The summed E-state index contributed by atoms with van der Waals surface area (Å²) in [5, 5.41) is 6.88. The van der Waals surface area contributed by atoms with E-state index < -0.39 is 15.8 Å². The predicted molar refractivity (Wildman–Crippen MR) is 116 cm³/mol. The largest absolute Gasteiger partial charge is 0.348 e. The Hall–Kier alpha value is -4.05. The summed E-state index contributed by atoms with van der Waals surface area (Å²) in [6, 6.07) is 18.0. The van der Waals surface area contributed by atoms with Gasteiger partial charge < -0.3 is 5.32 Å². The van der Waals surface area contributed by atoms with Crippen molar-refractivity contribution in [2.24, 2.45) is 0 Å². The van der Waals surface area contributed by atoms with E-state index in [9.17, 15) is 17.6 Å². The van der Waals surface area contributed by atoms with E-state index in [1.54, 1.807) is 11.0 Å². The minimum Gasteiger partial charge on any atom is -0.348 e. The summed E-state index contributed by atoms with van der Waals surface area (Å²) in [6.45, 7) is 0.329. The fourth-order valence-corrected chi connectivity index (χ4v) is 3.97. The van der Waals surface area contributed by atoms with E-state index in [1.807, 2.05) is 24.3 Å². The van der Waals surface area contributed by atoms with E-state index in [-0.39, 0.29) is 16.5 Å². The summed E-state index contributed by atoms with van der Waals surface area (Å²) in [5.74, 6) is -0.816. The average Bonchev–Trinajstić information content (AvgIpc) is 3.33. The minimum absolute atomic E-state index is 0.0597. The van der Waals surface area contributed by atoms with Gasteiger partial charge in [-0.2, -0.15) is 5.10 Å². The standard InChI is InChI=1S/C22H18FN5O3S/c23-18-5-11-21(12-6-18)32(30,31)27-19-7-3-17(4-8-19)22(29)25-13-16-1-9-20(10-2-16)28-15-24-14-26-28/h1-12,14-15,27H,13H2,(H,25,29). The Kier molecular flexibility index (Phi) is 5.95. The summed E-state index contributed by atoms with van der Waals surface area (Å²) in [4.78, 5) is 16.3. The molecular weight excluding hydrogens is 433 g/mol. The van der Waals surface area contributed by atoms with Gasteiger partial charge in [0.2, 0.25) is 0 Å². The van der Waals surface area contributed by atoms with Crippen LogP contribution in [0.25, 0.3) is 5.69 Å². The molecule has 32 heavy (non-hydrogen) atoms. The van der Waals surface area contributed by atoms with Crippen molar-refractivity contribution in [3.63, 3.8) is 0 Å². The van der Waals surface area contributed by atoms with Crippen LogP contribution in [0.3, 0.4) is 0 Å². The van der Waals surface area contributed by atoms with Crippen LogP contribution < -0.4 is 10.0 Å². The molecule has 0 aliphatic carbocycles. The Bertz CT molecular complexity index is 1310. The van der Waals surface area contributed by atoms with E-state index >= 15 is 0 Å². The molecule has 8 nitrogen and oxygen atoms in total. The van der Waals surface area contributed by atoms with Gasteiger partial charge in [-0.15, -0.1) is 0 Å². The number of anilines is 1. The molecule has 10 heteroatoms. The lowest BCUT2D eigenvalue weighted by Gasteiger charge is -2.10. The molecule has 0 saturated carbocycles. The number of amides is 1. The predicted octanol–water partition coefficient (Wildman–Crippen LogP) is 3.14. The van der Waals surface area contributed by atoms with Crippen molar-refractivity contribution in [3.8, 4) is 5.69 Å². The molecule has 0 fully saturated rings. The third kappa shape index (κ3) is 4.98. The second-order valence-electron chi connectivity index (χ2n) is 6.83. The number of benzene rings is 3. The third-order valence-corrected chi connectivity index (χ3v) is 5.99. The van der Waals surface area contributed by atoms with E-state index in [0.29, 0.717) is 12.1 Å². The first-order valence-corrected chi connectivity index (χ1v) is 11.0. The van der Waals surface area contributed by atoms with Crippen molar-refractivity contribution in [1.82, 2.24) is 20.1 Å². The molecule has 0 aliphatic heterocycles. The maximum Gasteiger partial charge on any atom is 0.261 e. The summed E-state index contributed by atoms with van der Waals surface area (Å²) in [6.07, 6.45) is 3.05. The Morgan fingerprint density at radius 3 is 2.25 bits per heavy atom. The molecule has 4 aromatic rings. The van der Waals surface area contributed by atoms with E-state index in [2.05, 4.69) is 20.1 Å². The maximum absolute atomic E-state index is 13.0. The van der Waals surface area contributed by atoms with Crippen LogP contribution >= 0.6 is 0 Å². The van der Waals surface area contributed by atoms with Gasteiger partial charge in [0.15, 0.2) is 0 Å². The Balaban J connectivity index is 1.35. The van der Waals surface area contributed by atoms with Gasteiger partial charge in [0.1, 0.15) is 18.5 Å². The van der Waals surface area contributed by atoms with Crippen molar-refractivity contribution < 1.29 is 17.6 Å². The van der Waals surface area contributed by atoms with Crippen LogP contribution in [-0.2, 0) is 16.6 Å². The average molecular weight is 451 g/mol. The smallest absolute Gasteiger partial charge is 0.261 e. The van der Waals surface area contributed by atoms with Crippen molar-refractivity contribution in [3.05, 3.63) is 102 Å². The molecule has 0 radical (unpaired) electrons. The number of aromatic nitrogens is 3. The van der Waals surface area contributed by atoms with Crippen molar-refractivity contribution in [2.75, 3.05) is 4.72 Å². The highest BCUT2D eigenvalue weighted by atomic mass is 32.2. The second-order valence-corrected chi connectivity index (χ2v) is 8.51. The molecule has 1 aromatic heterocycles. The van der Waals surface area contributed by atoms with Crippen molar-refractivity contribution in [2.45, 2.75) is 11.4 Å². The number of rotatable bonds is 7. The number of hydrogen-bond donors (Lipinski definition) is 2. The first kappa shape index (κ1) is 21.2. The van der Waals surface area contributed by atoms with Gasteiger partial charge in [0, 0.05) is 17.8 Å². The van der Waals surface area contributed by atoms with Crippen LogP contribution in [0.2, 0.25) is 0 Å². The molecule has 162 valence electrons. The van der Waals surface area contributed by atoms with Crippen LogP contribution in [0.4, 0.5) is 10.1 Å². The molecule has 0 bridgehead atoms. The number of sulfonamides is 1. The Morgan fingerprint density at radius 2 is 1.62 bits per heavy atom. The van der Waals surface area contributed by atoms with Gasteiger partial charge in [-0.25, -0.2) is 22.5 Å². The van der Waals surface area contributed by atoms with Gasteiger partial charge in [0.05, 0.1) is 10.6 Å². The second kappa shape index (κ2) is 8.98. The zero-order valence-corrected chi connectivity index (χ0v) is 17.5. The van der Waals surface area contributed by atoms with Crippen LogP contribution in [0.5, 0.6) is 0 Å². The van der Waals surface area contributed by atoms with Gasteiger partial charge in [-0.3, -0.25) is 9.52 Å².